The highest BCUT2D eigenvalue weighted by atomic mass is 35.5. The van der Waals surface area contributed by atoms with Gasteiger partial charge in [0.05, 0.1) is 16.8 Å². The summed E-state index contributed by atoms with van der Waals surface area (Å²) in [6.07, 6.45) is 1.50. The molecular formula is C26H22ClN3O3. The molecule has 0 saturated carbocycles. The first-order chi connectivity index (χ1) is 16.0. The van der Waals surface area contributed by atoms with E-state index < -0.39 is 5.91 Å². The average molecular weight is 460 g/mol. The Morgan fingerprint density at radius 2 is 1.70 bits per heavy atom. The smallest absolute Gasteiger partial charge is 0.262 e. The molecule has 1 atom stereocenters. The van der Waals surface area contributed by atoms with Crippen molar-refractivity contribution in [2.75, 3.05) is 11.9 Å². The first kappa shape index (κ1) is 23.6. The van der Waals surface area contributed by atoms with Crippen LogP contribution in [0.3, 0.4) is 0 Å². The number of hydrogen-bond acceptors (Lipinski definition) is 4. The third-order valence-electron chi connectivity index (χ3n) is 4.72. The molecule has 0 radical (unpaired) electrons. The lowest BCUT2D eigenvalue weighted by molar-refractivity contribution is -0.118. The molecule has 3 aromatic rings. The summed E-state index contributed by atoms with van der Waals surface area (Å²) < 4.78 is 5.50. The van der Waals surface area contributed by atoms with Gasteiger partial charge >= 0.3 is 0 Å². The van der Waals surface area contributed by atoms with E-state index in [0.717, 1.165) is 5.56 Å². The molecule has 2 N–H and O–H groups in total. The van der Waals surface area contributed by atoms with Crippen LogP contribution >= 0.6 is 11.6 Å². The zero-order valence-electron chi connectivity index (χ0n) is 17.9. The number of carbonyl (C=O) groups excluding carboxylic acids is 2. The van der Waals surface area contributed by atoms with Gasteiger partial charge in [0, 0.05) is 0 Å². The fraction of sp³-hybridized carbons (Fsp3) is 0.115. The summed E-state index contributed by atoms with van der Waals surface area (Å²) in [5.74, 6) is -0.324. The Labute approximate surface area is 197 Å². The van der Waals surface area contributed by atoms with Crippen molar-refractivity contribution >= 4 is 35.2 Å². The largest absolute Gasteiger partial charge is 0.484 e. The number of benzene rings is 3. The van der Waals surface area contributed by atoms with Gasteiger partial charge in [-0.05, 0) is 48.4 Å². The van der Waals surface area contributed by atoms with E-state index in [1.54, 1.807) is 48.5 Å². The van der Waals surface area contributed by atoms with Crippen molar-refractivity contribution in [3.05, 3.63) is 101 Å². The van der Waals surface area contributed by atoms with Crippen molar-refractivity contribution in [2.24, 2.45) is 0 Å². The van der Waals surface area contributed by atoms with E-state index in [4.69, 9.17) is 16.3 Å². The predicted molar refractivity (Wildman–Crippen MR) is 129 cm³/mol. The number of nitrogens with zero attached hydrogens (tertiary/aromatic N) is 1. The fourth-order valence-corrected chi connectivity index (χ4v) is 3.16. The molecule has 166 valence electrons. The first-order valence-electron chi connectivity index (χ1n) is 10.2. The summed E-state index contributed by atoms with van der Waals surface area (Å²) in [6.45, 7) is 1.67. The molecule has 2 amide bonds. The van der Waals surface area contributed by atoms with E-state index in [2.05, 4.69) is 10.6 Å². The topological polar surface area (TPSA) is 91.2 Å². The number of hydrogen-bond donors (Lipinski definition) is 2. The Morgan fingerprint density at radius 1 is 1.03 bits per heavy atom. The lowest BCUT2D eigenvalue weighted by Crippen LogP contribution is -2.27. The van der Waals surface area contributed by atoms with E-state index in [-0.39, 0.29) is 24.1 Å². The number of halogens is 1. The number of carbonyl (C=O) groups is 2. The predicted octanol–water partition coefficient (Wildman–Crippen LogP) is 5.14. The summed E-state index contributed by atoms with van der Waals surface area (Å²) in [4.78, 5) is 24.6. The fourth-order valence-electron chi connectivity index (χ4n) is 2.97. The number of para-hydroxylation sites is 1. The van der Waals surface area contributed by atoms with E-state index in [1.165, 1.54) is 6.08 Å². The van der Waals surface area contributed by atoms with Crippen molar-refractivity contribution in [3.8, 4) is 11.8 Å². The Hall–Kier alpha value is -4.08. The van der Waals surface area contributed by atoms with Crippen LogP contribution in [0.1, 0.15) is 24.1 Å². The molecular weight excluding hydrogens is 438 g/mol. The maximum Gasteiger partial charge on any atom is 0.262 e. The Morgan fingerprint density at radius 3 is 2.36 bits per heavy atom. The van der Waals surface area contributed by atoms with Crippen LogP contribution in [-0.4, -0.2) is 18.4 Å². The number of amides is 2. The molecule has 0 fully saturated rings. The summed E-state index contributed by atoms with van der Waals surface area (Å²) in [5, 5.41) is 15.4. The third-order valence-corrected chi connectivity index (χ3v) is 5.05. The van der Waals surface area contributed by atoms with E-state index in [1.807, 2.05) is 43.3 Å². The molecule has 6 nitrogen and oxygen atoms in total. The minimum atomic E-state index is -0.453. The van der Waals surface area contributed by atoms with Gasteiger partial charge in [0.2, 0.25) is 0 Å². The second-order valence-corrected chi connectivity index (χ2v) is 7.57. The van der Waals surface area contributed by atoms with Crippen LogP contribution in [-0.2, 0) is 9.59 Å². The van der Waals surface area contributed by atoms with Gasteiger partial charge < -0.3 is 15.4 Å². The molecule has 7 heteroatoms. The molecule has 0 aliphatic heterocycles. The molecule has 0 bridgehead atoms. The summed E-state index contributed by atoms with van der Waals surface area (Å²) in [7, 11) is 0. The van der Waals surface area contributed by atoms with E-state index >= 15 is 0 Å². The van der Waals surface area contributed by atoms with Gasteiger partial charge in [0.25, 0.3) is 11.8 Å². The lowest BCUT2D eigenvalue weighted by Gasteiger charge is -2.13. The zero-order chi connectivity index (χ0) is 23.6. The molecule has 3 aromatic carbocycles. The monoisotopic (exact) mass is 459 g/mol. The average Bonchev–Trinajstić information content (AvgIpc) is 2.84. The molecule has 0 unspecified atom stereocenters. The summed E-state index contributed by atoms with van der Waals surface area (Å²) >= 11 is 6.03. The van der Waals surface area contributed by atoms with Crippen molar-refractivity contribution in [1.29, 1.82) is 5.26 Å². The highest BCUT2D eigenvalue weighted by Gasteiger charge is 2.14. The van der Waals surface area contributed by atoms with Gasteiger partial charge in [0.1, 0.15) is 17.4 Å². The molecule has 3 rings (SSSR count). The minimum Gasteiger partial charge on any atom is -0.484 e. The van der Waals surface area contributed by atoms with Crippen LogP contribution in [0.4, 0.5) is 5.69 Å². The van der Waals surface area contributed by atoms with Crippen LogP contribution in [0.5, 0.6) is 5.75 Å². The molecule has 0 heterocycles. The lowest BCUT2D eigenvalue weighted by atomic mass is 10.1. The summed E-state index contributed by atoms with van der Waals surface area (Å²) in [6, 6.07) is 24.9. The first-order valence-corrected chi connectivity index (χ1v) is 10.6. The van der Waals surface area contributed by atoms with Crippen molar-refractivity contribution in [2.45, 2.75) is 13.0 Å². The number of anilines is 1. The number of nitriles is 1. The zero-order valence-corrected chi connectivity index (χ0v) is 18.7. The van der Waals surface area contributed by atoms with Gasteiger partial charge in [-0.15, -0.1) is 0 Å². The molecule has 0 saturated heterocycles. The van der Waals surface area contributed by atoms with Gasteiger partial charge in [-0.2, -0.15) is 5.26 Å². The summed E-state index contributed by atoms with van der Waals surface area (Å²) in [5.41, 5.74) is 2.10. The number of rotatable bonds is 8. The van der Waals surface area contributed by atoms with Crippen LogP contribution in [0.15, 0.2) is 84.4 Å². The van der Waals surface area contributed by atoms with Crippen molar-refractivity contribution in [3.63, 3.8) is 0 Å². The van der Waals surface area contributed by atoms with Gasteiger partial charge in [0.15, 0.2) is 6.61 Å². The SMILES string of the molecule is C[C@H](NC(=O)/C(C#N)=C/c1ccc(OCC(=O)Nc2ccccc2Cl)cc1)c1ccccc1. The number of ether oxygens (including phenoxy) is 1. The molecule has 0 aliphatic carbocycles. The van der Waals surface area contributed by atoms with E-state index in [9.17, 15) is 14.9 Å². The quantitative estimate of drug-likeness (QED) is 0.360. The second kappa shape index (κ2) is 11.5. The molecule has 33 heavy (non-hydrogen) atoms. The van der Waals surface area contributed by atoms with Crippen LogP contribution in [0, 0.1) is 11.3 Å². The standard InChI is InChI=1S/C26H22ClN3O3/c1-18(20-7-3-2-4-8-20)29-26(32)21(16-28)15-19-11-13-22(14-12-19)33-17-25(31)30-24-10-6-5-9-23(24)27/h2-15,18H,17H2,1H3,(H,29,32)(H,30,31)/b21-15+/t18-/m0/s1. The highest BCUT2D eigenvalue weighted by molar-refractivity contribution is 6.33. The Bertz CT molecular complexity index is 1190. The maximum atomic E-state index is 12.5. The number of nitrogens with one attached hydrogen (secondary N) is 2. The van der Waals surface area contributed by atoms with Crippen LogP contribution < -0.4 is 15.4 Å². The minimum absolute atomic E-state index is 0.00873. The maximum absolute atomic E-state index is 12.5. The Kier molecular flexibility index (Phi) is 8.23. The van der Waals surface area contributed by atoms with E-state index in [0.29, 0.717) is 22.0 Å². The van der Waals surface area contributed by atoms with Gasteiger partial charge in [-0.3, -0.25) is 9.59 Å². The Balaban J connectivity index is 1.56. The van der Waals surface area contributed by atoms with Crippen LogP contribution in [0.2, 0.25) is 5.02 Å². The third kappa shape index (κ3) is 6.96. The highest BCUT2D eigenvalue weighted by Crippen LogP contribution is 2.20. The van der Waals surface area contributed by atoms with Gasteiger partial charge in [-0.25, -0.2) is 0 Å². The molecule has 0 aromatic heterocycles. The van der Waals surface area contributed by atoms with Gasteiger partial charge in [-0.1, -0.05) is 66.2 Å². The van der Waals surface area contributed by atoms with Crippen molar-refractivity contribution in [1.82, 2.24) is 5.32 Å². The normalized spacial score (nSPS) is 11.7. The van der Waals surface area contributed by atoms with Crippen LogP contribution in [0.25, 0.3) is 6.08 Å². The van der Waals surface area contributed by atoms with Crippen molar-refractivity contribution < 1.29 is 14.3 Å². The molecule has 0 spiro atoms. The molecule has 0 aliphatic rings. The second-order valence-electron chi connectivity index (χ2n) is 7.16.